The standard InChI is InChI=1S/C14H29N3O2/c1-5-8-15-14(2,13(18)19)11-17(4)12-7-6-9-16(3)10-12/h12,15H,5-11H2,1-4H3,(H,18,19). The number of piperidine rings is 1. The highest BCUT2D eigenvalue weighted by Gasteiger charge is 2.35. The SMILES string of the molecule is CCCNC(C)(CN(C)C1CCCN(C)C1)C(=O)O. The number of hydrogen-bond acceptors (Lipinski definition) is 4. The molecular formula is C14H29N3O2. The summed E-state index contributed by atoms with van der Waals surface area (Å²) in [6.45, 7) is 7.29. The Labute approximate surface area is 117 Å². The van der Waals surface area contributed by atoms with Crippen LogP contribution in [0.5, 0.6) is 0 Å². The third-order valence-corrected chi connectivity index (χ3v) is 4.03. The smallest absolute Gasteiger partial charge is 0.324 e. The van der Waals surface area contributed by atoms with Crippen LogP contribution in [-0.4, -0.2) is 72.7 Å². The summed E-state index contributed by atoms with van der Waals surface area (Å²) in [5.74, 6) is -0.767. The van der Waals surface area contributed by atoms with Crippen molar-refractivity contribution < 1.29 is 9.90 Å². The van der Waals surface area contributed by atoms with Crippen molar-refractivity contribution in [2.24, 2.45) is 0 Å². The largest absolute Gasteiger partial charge is 0.480 e. The maximum atomic E-state index is 11.5. The molecule has 2 N–H and O–H groups in total. The van der Waals surface area contributed by atoms with E-state index in [1.165, 1.54) is 6.42 Å². The van der Waals surface area contributed by atoms with Crippen LogP contribution in [0.1, 0.15) is 33.1 Å². The summed E-state index contributed by atoms with van der Waals surface area (Å²) in [7, 11) is 4.17. The molecule has 0 aromatic rings. The van der Waals surface area contributed by atoms with Crippen LogP contribution in [0.3, 0.4) is 0 Å². The van der Waals surface area contributed by atoms with Gasteiger partial charge in [0.25, 0.3) is 0 Å². The van der Waals surface area contributed by atoms with E-state index in [1.807, 2.05) is 7.05 Å². The van der Waals surface area contributed by atoms with Gasteiger partial charge in [0, 0.05) is 19.1 Å². The molecule has 0 radical (unpaired) electrons. The van der Waals surface area contributed by atoms with Crippen molar-refractivity contribution in [1.82, 2.24) is 15.1 Å². The number of likely N-dealkylation sites (tertiary alicyclic amines) is 1. The Bertz CT molecular complexity index is 298. The number of nitrogens with zero attached hydrogens (tertiary/aromatic N) is 2. The predicted molar refractivity (Wildman–Crippen MR) is 77.5 cm³/mol. The summed E-state index contributed by atoms with van der Waals surface area (Å²) in [6.07, 6.45) is 3.29. The highest BCUT2D eigenvalue weighted by molar-refractivity contribution is 5.78. The van der Waals surface area contributed by atoms with Gasteiger partial charge in [0.1, 0.15) is 5.54 Å². The van der Waals surface area contributed by atoms with E-state index in [1.54, 1.807) is 6.92 Å². The minimum Gasteiger partial charge on any atom is -0.480 e. The second-order valence-corrected chi connectivity index (χ2v) is 6.04. The lowest BCUT2D eigenvalue weighted by Gasteiger charge is -2.39. The Balaban J connectivity index is 2.59. The molecule has 1 fully saturated rings. The highest BCUT2D eigenvalue weighted by Crippen LogP contribution is 2.16. The fourth-order valence-corrected chi connectivity index (χ4v) is 2.73. The van der Waals surface area contributed by atoms with Crippen LogP contribution >= 0.6 is 0 Å². The van der Waals surface area contributed by atoms with Gasteiger partial charge in [-0.2, -0.15) is 0 Å². The Morgan fingerprint density at radius 2 is 2.26 bits per heavy atom. The minimum absolute atomic E-state index is 0.459. The molecule has 112 valence electrons. The Hall–Kier alpha value is -0.650. The Morgan fingerprint density at radius 3 is 2.79 bits per heavy atom. The minimum atomic E-state index is -0.860. The van der Waals surface area contributed by atoms with E-state index in [0.717, 1.165) is 32.5 Å². The van der Waals surface area contributed by atoms with E-state index >= 15 is 0 Å². The van der Waals surface area contributed by atoms with Gasteiger partial charge in [-0.3, -0.25) is 9.69 Å². The lowest BCUT2D eigenvalue weighted by Crippen LogP contribution is -2.59. The van der Waals surface area contributed by atoms with Crippen molar-refractivity contribution in [1.29, 1.82) is 0 Å². The van der Waals surface area contributed by atoms with Crippen molar-refractivity contribution in [3.8, 4) is 0 Å². The van der Waals surface area contributed by atoms with Crippen LogP contribution in [-0.2, 0) is 4.79 Å². The molecule has 1 aliphatic heterocycles. The predicted octanol–water partition coefficient (Wildman–Crippen LogP) is 0.855. The number of aliphatic carboxylic acids is 1. The zero-order valence-corrected chi connectivity index (χ0v) is 12.8. The second-order valence-electron chi connectivity index (χ2n) is 6.04. The van der Waals surface area contributed by atoms with E-state index in [2.05, 4.69) is 29.1 Å². The monoisotopic (exact) mass is 271 g/mol. The lowest BCUT2D eigenvalue weighted by atomic mass is 9.98. The van der Waals surface area contributed by atoms with Crippen LogP contribution < -0.4 is 5.32 Å². The summed E-state index contributed by atoms with van der Waals surface area (Å²) in [4.78, 5) is 16.0. The molecule has 2 atom stereocenters. The van der Waals surface area contributed by atoms with Gasteiger partial charge >= 0.3 is 5.97 Å². The average Bonchev–Trinajstić information content (AvgIpc) is 2.36. The van der Waals surface area contributed by atoms with Crippen molar-refractivity contribution in [3.63, 3.8) is 0 Å². The third-order valence-electron chi connectivity index (χ3n) is 4.03. The average molecular weight is 271 g/mol. The van der Waals surface area contributed by atoms with Crippen LogP contribution in [0.2, 0.25) is 0 Å². The van der Waals surface area contributed by atoms with Crippen LogP contribution in [0.4, 0.5) is 0 Å². The van der Waals surface area contributed by atoms with E-state index in [9.17, 15) is 9.90 Å². The molecule has 2 unspecified atom stereocenters. The highest BCUT2D eigenvalue weighted by atomic mass is 16.4. The molecule has 1 aliphatic rings. The summed E-state index contributed by atoms with van der Waals surface area (Å²) in [5, 5.41) is 12.6. The van der Waals surface area contributed by atoms with E-state index in [4.69, 9.17) is 0 Å². The summed E-state index contributed by atoms with van der Waals surface area (Å²) in [6, 6.07) is 0.459. The molecule has 0 aliphatic carbocycles. The van der Waals surface area contributed by atoms with E-state index < -0.39 is 11.5 Å². The first kappa shape index (κ1) is 16.4. The normalized spacial score (nSPS) is 24.4. The second kappa shape index (κ2) is 7.22. The third kappa shape index (κ3) is 4.75. The molecule has 1 heterocycles. The van der Waals surface area contributed by atoms with Gasteiger partial charge in [-0.05, 0) is 53.4 Å². The molecule has 0 spiro atoms. The van der Waals surface area contributed by atoms with Crippen molar-refractivity contribution in [3.05, 3.63) is 0 Å². The van der Waals surface area contributed by atoms with Crippen molar-refractivity contribution in [2.75, 3.05) is 40.3 Å². The van der Waals surface area contributed by atoms with Crippen LogP contribution in [0, 0.1) is 0 Å². The van der Waals surface area contributed by atoms with Gasteiger partial charge in [0.05, 0.1) is 0 Å². The molecule has 5 nitrogen and oxygen atoms in total. The molecule has 0 amide bonds. The molecule has 0 aromatic carbocycles. The maximum Gasteiger partial charge on any atom is 0.324 e. The van der Waals surface area contributed by atoms with Crippen LogP contribution in [0.15, 0.2) is 0 Å². The number of rotatable bonds is 7. The number of nitrogens with one attached hydrogen (secondary N) is 1. The summed E-state index contributed by atoms with van der Waals surface area (Å²) >= 11 is 0. The fourth-order valence-electron chi connectivity index (χ4n) is 2.73. The maximum absolute atomic E-state index is 11.5. The van der Waals surface area contributed by atoms with Gasteiger partial charge in [-0.1, -0.05) is 6.92 Å². The lowest BCUT2D eigenvalue weighted by molar-refractivity contribution is -0.145. The van der Waals surface area contributed by atoms with Gasteiger partial charge in [0.2, 0.25) is 0 Å². The number of likely N-dealkylation sites (N-methyl/N-ethyl adjacent to an activating group) is 2. The van der Waals surface area contributed by atoms with Gasteiger partial charge < -0.3 is 15.3 Å². The Kier molecular flexibility index (Phi) is 6.23. The van der Waals surface area contributed by atoms with E-state index in [0.29, 0.717) is 12.6 Å². The van der Waals surface area contributed by atoms with Gasteiger partial charge in [0.15, 0.2) is 0 Å². The molecule has 0 aromatic heterocycles. The molecule has 0 bridgehead atoms. The molecule has 1 saturated heterocycles. The number of hydrogen-bond donors (Lipinski definition) is 2. The van der Waals surface area contributed by atoms with Crippen LogP contribution in [0.25, 0.3) is 0 Å². The first-order valence-electron chi connectivity index (χ1n) is 7.26. The molecular weight excluding hydrogens is 242 g/mol. The molecule has 0 saturated carbocycles. The molecule has 5 heteroatoms. The molecule has 19 heavy (non-hydrogen) atoms. The fraction of sp³-hybridized carbons (Fsp3) is 0.929. The Morgan fingerprint density at radius 1 is 1.58 bits per heavy atom. The number of carboxylic acids is 1. The van der Waals surface area contributed by atoms with Crippen molar-refractivity contribution in [2.45, 2.75) is 44.7 Å². The first-order chi connectivity index (χ1) is 8.89. The topological polar surface area (TPSA) is 55.8 Å². The van der Waals surface area contributed by atoms with Crippen molar-refractivity contribution >= 4 is 5.97 Å². The summed E-state index contributed by atoms with van der Waals surface area (Å²) in [5.41, 5.74) is -0.860. The zero-order chi connectivity index (χ0) is 14.5. The number of carbonyl (C=O) groups is 1. The van der Waals surface area contributed by atoms with E-state index in [-0.39, 0.29) is 0 Å². The first-order valence-corrected chi connectivity index (χ1v) is 7.26. The quantitative estimate of drug-likeness (QED) is 0.719. The van der Waals surface area contributed by atoms with Gasteiger partial charge in [-0.15, -0.1) is 0 Å². The number of carboxylic acid groups (broad SMARTS) is 1. The molecule has 1 rings (SSSR count). The van der Waals surface area contributed by atoms with Gasteiger partial charge in [-0.25, -0.2) is 0 Å². The zero-order valence-electron chi connectivity index (χ0n) is 12.8. The summed E-state index contributed by atoms with van der Waals surface area (Å²) < 4.78 is 0.